The fraction of sp³-hybridized carbons (Fsp3) is 0.571. The van der Waals surface area contributed by atoms with Crippen molar-refractivity contribution in [1.29, 1.82) is 0 Å². The van der Waals surface area contributed by atoms with Gasteiger partial charge in [-0.1, -0.05) is 13.0 Å². The van der Waals surface area contributed by atoms with E-state index in [4.69, 9.17) is 5.73 Å². The van der Waals surface area contributed by atoms with Crippen molar-refractivity contribution >= 4 is 5.69 Å². The Kier molecular flexibility index (Phi) is 4.19. The lowest BCUT2D eigenvalue weighted by molar-refractivity contribution is 0.311. The summed E-state index contributed by atoms with van der Waals surface area (Å²) in [5, 5.41) is 0. The minimum atomic E-state index is -0.127. The maximum Gasteiger partial charge on any atom is 0.146 e. The lowest BCUT2D eigenvalue weighted by atomic mass is 10.0. The van der Waals surface area contributed by atoms with Crippen molar-refractivity contribution in [1.82, 2.24) is 4.90 Å². The van der Waals surface area contributed by atoms with Crippen molar-refractivity contribution in [3.63, 3.8) is 0 Å². The first-order valence-corrected chi connectivity index (χ1v) is 6.55. The number of nitrogens with zero attached hydrogens (tertiary/aromatic N) is 2. The first-order chi connectivity index (χ1) is 8.61. The largest absolute Gasteiger partial charge is 0.367 e. The Morgan fingerprint density at radius 3 is 2.50 bits per heavy atom. The Morgan fingerprint density at radius 1 is 1.28 bits per heavy atom. The van der Waals surface area contributed by atoms with Crippen LogP contribution in [0, 0.1) is 5.82 Å². The number of likely N-dealkylation sites (N-methyl/N-ethyl adjacent to an activating group) is 1. The maximum absolute atomic E-state index is 14.1. The van der Waals surface area contributed by atoms with Gasteiger partial charge in [0.05, 0.1) is 5.69 Å². The van der Waals surface area contributed by atoms with Crippen LogP contribution < -0.4 is 10.6 Å². The molecule has 1 fully saturated rings. The summed E-state index contributed by atoms with van der Waals surface area (Å²) < 4.78 is 14.1. The number of rotatable bonds is 3. The minimum Gasteiger partial charge on any atom is -0.367 e. The van der Waals surface area contributed by atoms with Gasteiger partial charge in [-0.2, -0.15) is 0 Å². The van der Waals surface area contributed by atoms with Crippen molar-refractivity contribution in [3.8, 4) is 0 Å². The van der Waals surface area contributed by atoms with E-state index < -0.39 is 0 Å². The van der Waals surface area contributed by atoms with E-state index in [2.05, 4.69) is 16.8 Å². The smallest absolute Gasteiger partial charge is 0.146 e. The molecule has 18 heavy (non-hydrogen) atoms. The van der Waals surface area contributed by atoms with E-state index in [1.165, 1.54) is 0 Å². The Hall–Kier alpha value is -1.13. The van der Waals surface area contributed by atoms with E-state index in [1.54, 1.807) is 6.07 Å². The molecule has 1 aliphatic heterocycles. The molecule has 1 saturated heterocycles. The molecule has 1 aromatic rings. The Balaban J connectivity index is 2.14. The van der Waals surface area contributed by atoms with Crippen LogP contribution in [0.3, 0.4) is 0 Å². The summed E-state index contributed by atoms with van der Waals surface area (Å²) in [6.07, 6.45) is 0. The highest BCUT2D eigenvalue weighted by Crippen LogP contribution is 2.24. The van der Waals surface area contributed by atoms with Crippen LogP contribution in [0.1, 0.15) is 18.4 Å². The van der Waals surface area contributed by atoms with Gasteiger partial charge >= 0.3 is 0 Å². The van der Waals surface area contributed by atoms with Crippen LogP contribution >= 0.6 is 0 Å². The molecule has 1 heterocycles. The summed E-state index contributed by atoms with van der Waals surface area (Å²) >= 11 is 0. The zero-order valence-electron chi connectivity index (χ0n) is 11.2. The van der Waals surface area contributed by atoms with Crippen molar-refractivity contribution in [3.05, 3.63) is 29.6 Å². The molecule has 1 atom stereocenters. The van der Waals surface area contributed by atoms with E-state index in [1.807, 2.05) is 19.1 Å². The lowest BCUT2D eigenvalue weighted by Crippen LogP contribution is -2.44. The number of halogens is 1. The third-order valence-corrected chi connectivity index (χ3v) is 3.74. The van der Waals surface area contributed by atoms with Crippen LogP contribution in [0.15, 0.2) is 18.2 Å². The van der Waals surface area contributed by atoms with E-state index in [-0.39, 0.29) is 11.7 Å². The second kappa shape index (κ2) is 5.67. The van der Waals surface area contributed by atoms with Crippen molar-refractivity contribution < 1.29 is 4.39 Å². The van der Waals surface area contributed by atoms with Gasteiger partial charge in [0.1, 0.15) is 5.82 Å². The molecule has 2 N–H and O–H groups in total. The molecular formula is C14H22FN3. The van der Waals surface area contributed by atoms with Crippen molar-refractivity contribution in [2.45, 2.75) is 12.8 Å². The van der Waals surface area contributed by atoms with Crippen LogP contribution in [0.5, 0.6) is 0 Å². The second-order valence-electron chi connectivity index (χ2n) is 5.14. The zero-order valence-corrected chi connectivity index (χ0v) is 11.2. The van der Waals surface area contributed by atoms with Gasteiger partial charge in [-0.05, 0) is 37.2 Å². The molecule has 1 aromatic carbocycles. The molecule has 0 spiro atoms. The molecule has 1 unspecified atom stereocenters. The molecule has 4 heteroatoms. The molecule has 3 nitrogen and oxygen atoms in total. The van der Waals surface area contributed by atoms with Gasteiger partial charge < -0.3 is 15.5 Å². The average Bonchev–Trinajstić information content (AvgIpc) is 2.39. The highest BCUT2D eigenvalue weighted by atomic mass is 19.1. The van der Waals surface area contributed by atoms with Crippen LogP contribution in [0.4, 0.5) is 10.1 Å². The molecule has 0 amide bonds. The molecule has 2 rings (SSSR count). The lowest BCUT2D eigenvalue weighted by Gasteiger charge is -2.34. The first kappa shape index (κ1) is 13.3. The van der Waals surface area contributed by atoms with Crippen molar-refractivity contribution in [2.24, 2.45) is 5.73 Å². The van der Waals surface area contributed by atoms with Crippen molar-refractivity contribution in [2.75, 3.05) is 44.7 Å². The number of nitrogens with two attached hydrogens (primary N) is 1. The molecule has 0 aromatic heterocycles. The van der Waals surface area contributed by atoms with Gasteiger partial charge in [-0.25, -0.2) is 4.39 Å². The molecule has 0 saturated carbocycles. The van der Waals surface area contributed by atoms with Gasteiger partial charge in [0, 0.05) is 26.2 Å². The topological polar surface area (TPSA) is 32.5 Å². The molecule has 1 aliphatic rings. The molecular weight excluding hydrogens is 229 g/mol. The van der Waals surface area contributed by atoms with Crippen LogP contribution in [0.25, 0.3) is 0 Å². The monoisotopic (exact) mass is 251 g/mol. The number of benzene rings is 1. The predicted octanol–water partition coefficient (Wildman–Crippen LogP) is 1.64. The van der Waals surface area contributed by atoms with Gasteiger partial charge in [-0.15, -0.1) is 0 Å². The molecule has 0 bridgehead atoms. The number of piperazine rings is 1. The first-order valence-electron chi connectivity index (χ1n) is 6.55. The molecule has 0 radical (unpaired) electrons. The normalized spacial score (nSPS) is 19.0. The van der Waals surface area contributed by atoms with Crippen LogP contribution in [-0.4, -0.2) is 44.7 Å². The highest BCUT2D eigenvalue weighted by Gasteiger charge is 2.18. The zero-order chi connectivity index (χ0) is 13.1. The number of hydrogen-bond acceptors (Lipinski definition) is 3. The van der Waals surface area contributed by atoms with Gasteiger partial charge in [0.15, 0.2) is 0 Å². The second-order valence-corrected chi connectivity index (χ2v) is 5.14. The van der Waals surface area contributed by atoms with E-state index in [0.29, 0.717) is 6.54 Å². The Bertz CT molecular complexity index is 400. The number of hydrogen-bond donors (Lipinski definition) is 1. The van der Waals surface area contributed by atoms with Gasteiger partial charge in [0.2, 0.25) is 0 Å². The SMILES string of the molecule is CC(CN)c1ccc(N2CCN(C)CC2)c(F)c1. The minimum absolute atomic E-state index is 0.127. The highest BCUT2D eigenvalue weighted by molar-refractivity contribution is 5.50. The molecule has 0 aliphatic carbocycles. The third kappa shape index (κ3) is 2.82. The van der Waals surface area contributed by atoms with E-state index in [9.17, 15) is 4.39 Å². The van der Waals surface area contributed by atoms with Gasteiger partial charge in [-0.3, -0.25) is 0 Å². The summed E-state index contributed by atoms with van der Waals surface area (Å²) in [5.41, 5.74) is 7.31. The summed E-state index contributed by atoms with van der Waals surface area (Å²) in [5.74, 6) is 0.0818. The van der Waals surface area contributed by atoms with Crippen LogP contribution in [0.2, 0.25) is 0 Å². The number of anilines is 1. The summed E-state index contributed by atoms with van der Waals surface area (Å²) in [4.78, 5) is 4.38. The van der Waals surface area contributed by atoms with Gasteiger partial charge in [0.25, 0.3) is 0 Å². The predicted molar refractivity (Wildman–Crippen MR) is 73.6 cm³/mol. The average molecular weight is 251 g/mol. The third-order valence-electron chi connectivity index (χ3n) is 3.74. The fourth-order valence-electron chi connectivity index (χ4n) is 2.27. The summed E-state index contributed by atoms with van der Waals surface area (Å²) in [6.45, 7) is 6.32. The van der Waals surface area contributed by atoms with Crippen LogP contribution in [-0.2, 0) is 0 Å². The summed E-state index contributed by atoms with van der Waals surface area (Å²) in [7, 11) is 2.10. The standard InChI is InChI=1S/C14H22FN3/c1-11(10-16)12-3-4-14(13(15)9-12)18-7-5-17(2)6-8-18/h3-4,9,11H,5-8,10,16H2,1-2H3. The van der Waals surface area contributed by atoms with E-state index >= 15 is 0 Å². The summed E-state index contributed by atoms with van der Waals surface area (Å²) in [6, 6.07) is 5.52. The Morgan fingerprint density at radius 2 is 1.94 bits per heavy atom. The molecule has 100 valence electrons. The maximum atomic E-state index is 14.1. The fourth-order valence-corrected chi connectivity index (χ4v) is 2.27. The van der Waals surface area contributed by atoms with E-state index in [0.717, 1.165) is 37.4 Å². The quantitative estimate of drug-likeness (QED) is 0.886. The Labute approximate surface area is 108 Å².